The number of carbonyl (C=O) groups excluding carboxylic acids is 1. The Bertz CT molecular complexity index is 229. The molecule has 1 amide bonds. The molecule has 1 fully saturated rings. The van der Waals surface area contributed by atoms with Crippen molar-refractivity contribution >= 4 is 5.91 Å². The van der Waals surface area contributed by atoms with Crippen LogP contribution in [0.3, 0.4) is 0 Å². The summed E-state index contributed by atoms with van der Waals surface area (Å²) in [6.07, 6.45) is 2.09. The predicted molar refractivity (Wildman–Crippen MR) is 51.4 cm³/mol. The van der Waals surface area contributed by atoms with E-state index in [4.69, 9.17) is 10.00 Å². The molecule has 1 saturated heterocycles. The molecule has 4 heteroatoms. The lowest BCUT2D eigenvalue weighted by Crippen LogP contribution is -2.41. The molecule has 0 spiro atoms. The molecule has 0 saturated carbocycles. The molecule has 0 aromatic rings. The van der Waals surface area contributed by atoms with E-state index in [-0.39, 0.29) is 18.4 Å². The van der Waals surface area contributed by atoms with Crippen LogP contribution in [-0.2, 0) is 9.53 Å². The van der Waals surface area contributed by atoms with E-state index in [1.54, 1.807) is 0 Å². The fourth-order valence-electron chi connectivity index (χ4n) is 1.65. The van der Waals surface area contributed by atoms with Gasteiger partial charge in [-0.2, -0.15) is 5.26 Å². The Labute approximate surface area is 84.2 Å². The van der Waals surface area contributed by atoms with Crippen molar-refractivity contribution in [2.24, 2.45) is 5.92 Å². The van der Waals surface area contributed by atoms with Gasteiger partial charge in [0.05, 0.1) is 12.7 Å². The molecule has 1 N–H and O–H groups in total. The van der Waals surface area contributed by atoms with Crippen LogP contribution in [0.5, 0.6) is 0 Å². The Morgan fingerprint density at radius 2 is 2.57 bits per heavy atom. The highest BCUT2D eigenvalue weighted by Crippen LogP contribution is 2.17. The largest absolute Gasteiger partial charge is 0.381 e. The quantitative estimate of drug-likeness (QED) is 0.727. The van der Waals surface area contributed by atoms with Crippen LogP contribution < -0.4 is 5.32 Å². The molecule has 1 aliphatic rings. The number of amides is 1. The normalized spacial score (nSPS) is 23.6. The van der Waals surface area contributed by atoms with Gasteiger partial charge in [0.2, 0.25) is 5.91 Å². The summed E-state index contributed by atoms with van der Waals surface area (Å²) in [4.78, 5) is 11.1. The summed E-state index contributed by atoms with van der Waals surface area (Å²) in [7, 11) is 0. The molecule has 4 nitrogen and oxygen atoms in total. The molecule has 1 heterocycles. The van der Waals surface area contributed by atoms with Crippen molar-refractivity contribution in [1.82, 2.24) is 5.32 Å². The van der Waals surface area contributed by atoms with E-state index < -0.39 is 0 Å². The Hall–Kier alpha value is -1.08. The van der Waals surface area contributed by atoms with Gasteiger partial charge in [-0.1, -0.05) is 0 Å². The van der Waals surface area contributed by atoms with Crippen LogP contribution in [0.1, 0.15) is 26.2 Å². The van der Waals surface area contributed by atoms with Crippen molar-refractivity contribution in [3.8, 4) is 6.07 Å². The second-order valence-electron chi connectivity index (χ2n) is 3.67. The van der Waals surface area contributed by atoms with Crippen molar-refractivity contribution in [3.05, 3.63) is 0 Å². The van der Waals surface area contributed by atoms with Gasteiger partial charge in [-0.25, -0.2) is 0 Å². The molecule has 0 aromatic heterocycles. The third kappa shape index (κ3) is 3.35. The first-order chi connectivity index (χ1) is 6.74. The minimum Gasteiger partial charge on any atom is -0.381 e. The molecule has 1 rings (SSSR count). The first-order valence-corrected chi connectivity index (χ1v) is 4.98. The van der Waals surface area contributed by atoms with E-state index in [1.165, 1.54) is 0 Å². The van der Waals surface area contributed by atoms with Gasteiger partial charge >= 0.3 is 0 Å². The van der Waals surface area contributed by atoms with Crippen LogP contribution in [0.2, 0.25) is 0 Å². The summed E-state index contributed by atoms with van der Waals surface area (Å²) >= 11 is 0. The fraction of sp³-hybridized carbons (Fsp3) is 0.800. The van der Waals surface area contributed by atoms with Gasteiger partial charge in [0.15, 0.2) is 0 Å². The molecule has 0 radical (unpaired) electrons. The first kappa shape index (κ1) is 11.0. The van der Waals surface area contributed by atoms with Crippen LogP contribution in [0.25, 0.3) is 0 Å². The highest BCUT2D eigenvalue weighted by Gasteiger charge is 2.21. The van der Waals surface area contributed by atoms with E-state index >= 15 is 0 Å². The molecule has 14 heavy (non-hydrogen) atoms. The smallest absolute Gasteiger partial charge is 0.234 e. The number of ether oxygens (including phenoxy) is 1. The maximum atomic E-state index is 11.1. The summed E-state index contributed by atoms with van der Waals surface area (Å²) < 4.78 is 5.33. The highest BCUT2D eigenvalue weighted by atomic mass is 16.5. The number of nitrogens with one attached hydrogen (secondary N) is 1. The van der Waals surface area contributed by atoms with Crippen LogP contribution in [0.4, 0.5) is 0 Å². The summed E-state index contributed by atoms with van der Waals surface area (Å²) in [5.74, 6) is 0.206. The number of rotatable bonds is 3. The van der Waals surface area contributed by atoms with Crippen molar-refractivity contribution in [2.45, 2.75) is 32.2 Å². The molecule has 1 aliphatic heterocycles. The number of nitrogens with zero attached hydrogens (tertiary/aromatic N) is 1. The molecule has 78 valence electrons. The van der Waals surface area contributed by atoms with Crippen LogP contribution in [-0.4, -0.2) is 25.2 Å². The van der Waals surface area contributed by atoms with E-state index in [1.807, 2.05) is 13.0 Å². The zero-order valence-electron chi connectivity index (χ0n) is 8.45. The Morgan fingerprint density at radius 3 is 3.14 bits per heavy atom. The van der Waals surface area contributed by atoms with Gasteiger partial charge in [0.1, 0.15) is 6.42 Å². The number of hydrogen-bond acceptors (Lipinski definition) is 3. The van der Waals surface area contributed by atoms with Gasteiger partial charge in [-0.05, 0) is 19.8 Å². The lowest BCUT2D eigenvalue weighted by atomic mass is 9.95. The Morgan fingerprint density at radius 1 is 1.79 bits per heavy atom. The van der Waals surface area contributed by atoms with Crippen molar-refractivity contribution in [3.63, 3.8) is 0 Å². The SMILES string of the molecule is CC(NC(=O)CC#N)C1CCCOC1. The summed E-state index contributed by atoms with van der Waals surface area (Å²) in [5, 5.41) is 11.1. The van der Waals surface area contributed by atoms with Gasteiger partial charge in [0, 0.05) is 18.6 Å². The monoisotopic (exact) mass is 196 g/mol. The second kappa shape index (κ2) is 5.61. The second-order valence-corrected chi connectivity index (χ2v) is 3.67. The maximum Gasteiger partial charge on any atom is 0.234 e. The molecular weight excluding hydrogens is 180 g/mol. The molecular formula is C10H16N2O2. The van der Waals surface area contributed by atoms with Gasteiger partial charge < -0.3 is 10.1 Å². The van der Waals surface area contributed by atoms with Crippen LogP contribution >= 0.6 is 0 Å². The van der Waals surface area contributed by atoms with Crippen molar-refractivity contribution < 1.29 is 9.53 Å². The molecule has 0 bridgehead atoms. The maximum absolute atomic E-state index is 11.1. The lowest BCUT2D eigenvalue weighted by Gasteiger charge is -2.28. The Kier molecular flexibility index (Phi) is 4.41. The zero-order valence-corrected chi connectivity index (χ0v) is 8.45. The number of carbonyl (C=O) groups is 1. The third-order valence-corrected chi connectivity index (χ3v) is 2.53. The van der Waals surface area contributed by atoms with Gasteiger partial charge in [0.25, 0.3) is 0 Å². The van der Waals surface area contributed by atoms with E-state index in [2.05, 4.69) is 5.32 Å². The molecule has 2 atom stereocenters. The van der Waals surface area contributed by atoms with Gasteiger partial charge in [-0.15, -0.1) is 0 Å². The topological polar surface area (TPSA) is 62.1 Å². The first-order valence-electron chi connectivity index (χ1n) is 4.98. The average molecular weight is 196 g/mol. The minimum atomic E-state index is -0.189. The number of nitriles is 1. The van der Waals surface area contributed by atoms with E-state index in [0.717, 1.165) is 19.4 Å². The lowest BCUT2D eigenvalue weighted by molar-refractivity contribution is -0.121. The standard InChI is InChI=1S/C10H16N2O2/c1-8(12-10(13)4-5-11)9-3-2-6-14-7-9/h8-9H,2-4,6-7H2,1H3,(H,12,13). The predicted octanol–water partition coefficient (Wildman–Crippen LogP) is 0.831. The summed E-state index contributed by atoms with van der Waals surface area (Å²) in [6.45, 7) is 3.51. The minimum absolute atomic E-state index is 0.0576. The average Bonchev–Trinajstić information content (AvgIpc) is 2.19. The summed E-state index contributed by atoms with van der Waals surface area (Å²) in [6, 6.07) is 1.94. The van der Waals surface area contributed by atoms with Crippen LogP contribution in [0, 0.1) is 17.2 Å². The fourth-order valence-corrected chi connectivity index (χ4v) is 1.65. The third-order valence-electron chi connectivity index (χ3n) is 2.53. The van der Waals surface area contributed by atoms with Gasteiger partial charge in [-0.3, -0.25) is 4.79 Å². The highest BCUT2D eigenvalue weighted by molar-refractivity contribution is 5.78. The van der Waals surface area contributed by atoms with Crippen molar-refractivity contribution in [2.75, 3.05) is 13.2 Å². The molecule has 0 aromatic carbocycles. The van der Waals surface area contributed by atoms with E-state index in [9.17, 15) is 4.79 Å². The van der Waals surface area contributed by atoms with Crippen molar-refractivity contribution in [1.29, 1.82) is 5.26 Å². The Balaban J connectivity index is 2.29. The molecule has 2 unspecified atom stereocenters. The molecule has 0 aliphatic carbocycles. The summed E-state index contributed by atoms with van der Waals surface area (Å²) in [5.41, 5.74) is 0. The van der Waals surface area contributed by atoms with E-state index in [0.29, 0.717) is 12.5 Å². The van der Waals surface area contributed by atoms with Crippen LogP contribution in [0.15, 0.2) is 0 Å². The zero-order chi connectivity index (χ0) is 10.4. The number of hydrogen-bond donors (Lipinski definition) is 1.